The average molecular weight is 186 g/mol. The van der Waals surface area contributed by atoms with Crippen LogP contribution in [-0.4, -0.2) is 0 Å². The minimum atomic E-state index is 1.30. The maximum Gasteiger partial charge on any atom is 0.0902 e. The topological polar surface area (TPSA) is 13.1 Å². The zero-order chi connectivity index (χ0) is 9.64. The predicted octanol–water partition coefficient (Wildman–Crippen LogP) is 3.45. The van der Waals surface area contributed by atoms with Crippen molar-refractivity contribution in [3.8, 4) is 0 Å². The van der Waals surface area contributed by atoms with Crippen LogP contribution in [0.3, 0.4) is 0 Å². The second-order valence-electron chi connectivity index (χ2n) is 3.42. The average Bonchev–Trinajstić information content (AvgIpc) is 2.92. The lowest BCUT2D eigenvalue weighted by Gasteiger charge is -1.93. The molecule has 0 unspecified atom stereocenters. The van der Waals surface area contributed by atoms with Gasteiger partial charge in [0.25, 0.3) is 0 Å². The third-order valence-electron chi connectivity index (χ3n) is 2.44. The monoisotopic (exact) mass is 186 g/mol. The van der Waals surface area contributed by atoms with Gasteiger partial charge in [-0.25, -0.2) is 0 Å². The molecule has 2 aromatic rings. The Bertz CT molecular complexity index is 322. The van der Waals surface area contributed by atoms with Gasteiger partial charge in [-0.3, -0.25) is 0 Å². The maximum atomic E-state index is 4.58. The molecule has 1 nitrogen and oxygen atoms in total. The number of hydrogen-bond acceptors (Lipinski definition) is 1. The zero-order valence-electron chi connectivity index (χ0n) is 8.15. The molecule has 3 rings (SSSR count). The highest BCUT2D eigenvalue weighted by atomic mass is 16.3. The Morgan fingerprint density at radius 1 is 0.786 bits per heavy atom. The summed E-state index contributed by atoms with van der Waals surface area (Å²) < 4.78 is 4.58. The Labute approximate surface area is 84.4 Å². The van der Waals surface area contributed by atoms with E-state index in [-0.39, 0.29) is 0 Å². The molecule has 1 heteroatoms. The van der Waals surface area contributed by atoms with Crippen LogP contribution >= 0.6 is 0 Å². The summed E-state index contributed by atoms with van der Waals surface area (Å²) in [5.41, 5.74) is 3.13. The van der Waals surface area contributed by atoms with Gasteiger partial charge >= 0.3 is 0 Å². The Balaban J connectivity index is 0.000000128. The van der Waals surface area contributed by atoms with Crippen LogP contribution in [0.15, 0.2) is 53.3 Å². The normalized spacial score (nSPS) is 12.9. The summed E-state index contributed by atoms with van der Waals surface area (Å²) in [6.07, 6.45) is 7.21. The number of furan rings is 1. The molecule has 0 bridgehead atoms. The van der Waals surface area contributed by atoms with Crippen molar-refractivity contribution in [2.75, 3.05) is 0 Å². The fraction of sp³-hybridized carbons (Fsp3) is 0.231. The van der Waals surface area contributed by atoms with Crippen molar-refractivity contribution in [1.29, 1.82) is 0 Å². The van der Waals surface area contributed by atoms with E-state index >= 15 is 0 Å². The van der Waals surface area contributed by atoms with Crippen molar-refractivity contribution in [3.63, 3.8) is 0 Å². The van der Waals surface area contributed by atoms with Gasteiger partial charge in [-0.15, -0.1) is 0 Å². The molecule has 0 saturated heterocycles. The number of rotatable bonds is 0. The van der Waals surface area contributed by atoms with Gasteiger partial charge in [0.05, 0.1) is 12.5 Å². The number of fused-ring (bicyclic) bond motifs is 1. The van der Waals surface area contributed by atoms with Gasteiger partial charge in [-0.1, -0.05) is 24.3 Å². The summed E-state index contributed by atoms with van der Waals surface area (Å²) in [6.45, 7) is 0. The zero-order valence-corrected chi connectivity index (χ0v) is 8.15. The van der Waals surface area contributed by atoms with Gasteiger partial charge in [0.15, 0.2) is 0 Å². The lowest BCUT2D eigenvalue weighted by molar-refractivity contribution is 0.567. The summed E-state index contributed by atoms with van der Waals surface area (Å²) in [6, 6.07) is 12.4. The van der Waals surface area contributed by atoms with E-state index in [0.29, 0.717) is 0 Å². The van der Waals surface area contributed by atoms with Crippen LogP contribution in [0.1, 0.15) is 17.5 Å². The van der Waals surface area contributed by atoms with Crippen molar-refractivity contribution < 1.29 is 4.42 Å². The molecule has 0 fully saturated rings. The first-order chi connectivity index (χ1) is 6.97. The van der Waals surface area contributed by atoms with E-state index in [0.717, 1.165) is 0 Å². The van der Waals surface area contributed by atoms with Crippen molar-refractivity contribution in [1.82, 2.24) is 0 Å². The fourth-order valence-electron chi connectivity index (χ4n) is 1.74. The molecule has 0 amide bonds. The molecule has 0 N–H and O–H groups in total. The largest absolute Gasteiger partial charge is 0.473 e. The summed E-state index contributed by atoms with van der Waals surface area (Å²) in [7, 11) is 0. The van der Waals surface area contributed by atoms with E-state index in [1.165, 1.54) is 19.3 Å². The quantitative estimate of drug-likeness (QED) is 0.614. The number of hydrogen-bond donors (Lipinski definition) is 0. The second kappa shape index (κ2) is 4.66. The van der Waals surface area contributed by atoms with Crippen molar-refractivity contribution in [3.05, 3.63) is 60.1 Å². The molecule has 1 aromatic heterocycles. The first kappa shape index (κ1) is 9.07. The predicted molar refractivity (Wildman–Crippen MR) is 57.2 cm³/mol. The molecule has 0 spiro atoms. The van der Waals surface area contributed by atoms with Crippen LogP contribution in [0, 0.1) is 0 Å². The van der Waals surface area contributed by atoms with Crippen LogP contribution in [0.2, 0.25) is 0 Å². The standard InChI is InChI=1S/C9H10.C4H4O/c1-2-5-9-7-3-6-8(9)4-1;1-2-4-5-3-1/h1-2,4-5H,3,6-7H2;1-4H. The minimum absolute atomic E-state index is 1.30. The molecule has 1 aliphatic rings. The first-order valence-corrected chi connectivity index (χ1v) is 5.01. The molecule has 0 atom stereocenters. The highest BCUT2D eigenvalue weighted by molar-refractivity contribution is 5.30. The molecule has 1 aromatic carbocycles. The molecule has 14 heavy (non-hydrogen) atoms. The molecule has 1 heterocycles. The molecular formula is C13H14O. The van der Waals surface area contributed by atoms with Gasteiger partial charge in [-0.05, 0) is 42.5 Å². The molecule has 1 aliphatic carbocycles. The van der Waals surface area contributed by atoms with Crippen molar-refractivity contribution in [2.24, 2.45) is 0 Å². The van der Waals surface area contributed by atoms with Crippen molar-refractivity contribution >= 4 is 0 Å². The molecular weight excluding hydrogens is 172 g/mol. The Morgan fingerprint density at radius 2 is 1.36 bits per heavy atom. The summed E-state index contributed by atoms with van der Waals surface area (Å²) in [5.74, 6) is 0. The van der Waals surface area contributed by atoms with Crippen LogP contribution in [0.25, 0.3) is 0 Å². The molecule has 0 saturated carbocycles. The van der Waals surface area contributed by atoms with Crippen molar-refractivity contribution in [2.45, 2.75) is 19.3 Å². The molecule has 0 radical (unpaired) electrons. The Morgan fingerprint density at radius 3 is 1.79 bits per heavy atom. The van der Waals surface area contributed by atoms with Crippen LogP contribution < -0.4 is 0 Å². The highest BCUT2D eigenvalue weighted by Crippen LogP contribution is 2.20. The third-order valence-corrected chi connectivity index (χ3v) is 2.44. The van der Waals surface area contributed by atoms with Gasteiger partial charge in [0, 0.05) is 0 Å². The third kappa shape index (κ3) is 2.25. The van der Waals surface area contributed by atoms with E-state index in [1.807, 2.05) is 12.1 Å². The van der Waals surface area contributed by atoms with E-state index in [2.05, 4.69) is 28.7 Å². The SMILES string of the molecule is c1ccc2c(c1)CCC2.c1ccoc1. The first-order valence-electron chi connectivity index (χ1n) is 5.01. The maximum absolute atomic E-state index is 4.58. The van der Waals surface area contributed by atoms with E-state index in [1.54, 1.807) is 23.7 Å². The van der Waals surface area contributed by atoms with Gasteiger partial charge in [-0.2, -0.15) is 0 Å². The van der Waals surface area contributed by atoms with E-state index in [9.17, 15) is 0 Å². The smallest absolute Gasteiger partial charge is 0.0902 e. The van der Waals surface area contributed by atoms with Crippen LogP contribution in [0.4, 0.5) is 0 Å². The number of aryl methyl sites for hydroxylation is 2. The van der Waals surface area contributed by atoms with E-state index in [4.69, 9.17) is 0 Å². The van der Waals surface area contributed by atoms with Gasteiger partial charge < -0.3 is 4.42 Å². The number of benzene rings is 1. The van der Waals surface area contributed by atoms with E-state index < -0.39 is 0 Å². The lowest BCUT2D eigenvalue weighted by atomic mass is 10.1. The van der Waals surface area contributed by atoms with Crippen LogP contribution in [-0.2, 0) is 12.8 Å². The van der Waals surface area contributed by atoms with Gasteiger partial charge in [0.2, 0.25) is 0 Å². The molecule has 0 aliphatic heterocycles. The Kier molecular flexibility index (Phi) is 3.02. The summed E-state index contributed by atoms with van der Waals surface area (Å²) >= 11 is 0. The summed E-state index contributed by atoms with van der Waals surface area (Å²) in [4.78, 5) is 0. The second-order valence-corrected chi connectivity index (χ2v) is 3.42. The van der Waals surface area contributed by atoms with Gasteiger partial charge in [0.1, 0.15) is 0 Å². The fourth-order valence-corrected chi connectivity index (χ4v) is 1.74. The Hall–Kier alpha value is -1.50. The molecule has 72 valence electrons. The summed E-state index contributed by atoms with van der Waals surface area (Å²) in [5, 5.41) is 0. The highest BCUT2D eigenvalue weighted by Gasteiger charge is 2.07. The lowest BCUT2D eigenvalue weighted by Crippen LogP contribution is -1.77. The minimum Gasteiger partial charge on any atom is -0.473 e. The van der Waals surface area contributed by atoms with Crippen LogP contribution in [0.5, 0.6) is 0 Å².